The number of carbonyl (C=O) groups is 2. The highest BCUT2D eigenvalue weighted by atomic mass is 16.2. The van der Waals surface area contributed by atoms with Crippen LogP contribution in [0.1, 0.15) is 42.7 Å². The van der Waals surface area contributed by atoms with Crippen molar-refractivity contribution in [2.45, 2.75) is 40.0 Å². The summed E-state index contributed by atoms with van der Waals surface area (Å²) in [5.41, 5.74) is 6.72. The Labute approximate surface area is 135 Å². The van der Waals surface area contributed by atoms with Crippen molar-refractivity contribution in [3.05, 3.63) is 23.3 Å². The number of urea groups is 1. The molecule has 1 fully saturated rings. The van der Waals surface area contributed by atoms with E-state index in [2.05, 4.69) is 13.8 Å². The van der Waals surface area contributed by atoms with Gasteiger partial charge in [-0.1, -0.05) is 25.5 Å². The Morgan fingerprint density at radius 3 is 2.41 bits per heavy atom. The predicted molar refractivity (Wildman–Crippen MR) is 87.2 cm³/mol. The molecule has 0 radical (unpaired) electrons. The zero-order valence-electron chi connectivity index (χ0n) is 15.7. The maximum absolute atomic E-state index is 12.4. The second-order valence-corrected chi connectivity index (χ2v) is 6.58. The molecule has 2 N–H and O–H groups in total. The lowest BCUT2D eigenvalue weighted by Gasteiger charge is -2.34. The number of carbonyl (C=O) groups excluding carboxylic acids is 2. The van der Waals surface area contributed by atoms with Crippen LogP contribution in [0.3, 0.4) is 0 Å². The van der Waals surface area contributed by atoms with Gasteiger partial charge in [0, 0.05) is 35.0 Å². The van der Waals surface area contributed by atoms with Gasteiger partial charge in [0.1, 0.15) is 0 Å². The summed E-state index contributed by atoms with van der Waals surface area (Å²) in [5.74, 6) is -0.110. The van der Waals surface area contributed by atoms with E-state index in [-0.39, 0.29) is 11.3 Å². The van der Waals surface area contributed by atoms with Crippen LogP contribution in [0.5, 0.6) is 0 Å². The number of piperazine rings is 1. The van der Waals surface area contributed by atoms with E-state index in [0.717, 1.165) is 12.0 Å². The first kappa shape index (κ1) is 13.9. The number of amides is 3. The van der Waals surface area contributed by atoms with Crippen molar-refractivity contribution in [1.29, 1.82) is 0 Å². The molecule has 0 aromatic rings. The molecule has 0 saturated carbocycles. The van der Waals surface area contributed by atoms with Gasteiger partial charge < -0.3 is 15.5 Å². The first-order valence-corrected chi connectivity index (χ1v) is 7.78. The summed E-state index contributed by atoms with van der Waals surface area (Å²) in [6.45, 7) is 7.82. The fraction of sp³-hybridized carbons (Fsp3) is 0.647. The Hall–Kier alpha value is -1.78. The Kier molecular flexibility index (Phi) is 4.12. The highest BCUT2D eigenvalue weighted by Gasteiger charge is 2.27. The lowest BCUT2D eigenvalue weighted by atomic mass is 9.72. The second-order valence-electron chi connectivity index (χ2n) is 6.58. The molecule has 0 aromatic carbocycles. The number of hydrogen-bond donors (Lipinski definition) is 1. The third-order valence-corrected chi connectivity index (χ3v) is 4.57. The molecule has 122 valence electrons. The van der Waals surface area contributed by atoms with Gasteiger partial charge in [-0.15, -0.1) is 0 Å². The van der Waals surface area contributed by atoms with E-state index in [1.54, 1.807) is 11.0 Å². The molecular weight excluding hydrogens is 278 g/mol. The van der Waals surface area contributed by atoms with Crippen molar-refractivity contribution < 1.29 is 12.3 Å². The van der Waals surface area contributed by atoms with E-state index in [1.807, 2.05) is 6.92 Å². The number of allylic oxidation sites excluding steroid dienone is 3. The molecule has 1 aliphatic heterocycles. The van der Waals surface area contributed by atoms with Crippen LogP contribution < -0.4 is 5.73 Å². The summed E-state index contributed by atoms with van der Waals surface area (Å²) in [4.78, 5) is 26.7. The fourth-order valence-electron chi connectivity index (χ4n) is 3.06. The number of nitrogens with zero attached hydrogens (tertiary/aromatic N) is 2. The molecule has 22 heavy (non-hydrogen) atoms. The predicted octanol–water partition coefficient (Wildman–Crippen LogP) is 2.29. The van der Waals surface area contributed by atoms with Crippen molar-refractivity contribution in [2.75, 3.05) is 26.2 Å². The number of primary amides is 1. The highest BCUT2D eigenvalue weighted by Crippen LogP contribution is 2.40. The van der Waals surface area contributed by atoms with Crippen LogP contribution in [0.15, 0.2) is 23.3 Å². The van der Waals surface area contributed by atoms with Gasteiger partial charge in [0.05, 0.1) is 0 Å². The molecule has 2 aliphatic rings. The van der Waals surface area contributed by atoms with Gasteiger partial charge >= 0.3 is 6.03 Å². The lowest BCUT2D eigenvalue weighted by Crippen LogP contribution is -2.51. The summed E-state index contributed by atoms with van der Waals surface area (Å²) in [6.07, 6.45) is 3.25. The molecule has 1 aliphatic carbocycles. The van der Waals surface area contributed by atoms with Crippen LogP contribution in [0.25, 0.3) is 0 Å². The molecule has 0 bridgehead atoms. The van der Waals surface area contributed by atoms with Crippen molar-refractivity contribution in [2.24, 2.45) is 11.1 Å². The molecule has 0 aromatic heterocycles. The fourth-order valence-corrected chi connectivity index (χ4v) is 3.06. The van der Waals surface area contributed by atoms with Gasteiger partial charge in [0.25, 0.3) is 0 Å². The van der Waals surface area contributed by atoms with E-state index < -0.39 is 12.4 Å². The second kappa shape index (κ2) is 6.55. The summed E-state index contributed by atoms with van der Waals surface area (Å²) >= 11 is 0. The number of hydrogen-bond acceptors (Lipinski definition) is 2. The smallest absolute Gasteiger partial charge is 0.314 e. The summed E-state index contributed by atoms with van der Waals surface area (Å²) in [7, 11) is 0. The van der Waals surface area contributed by atoms with Crippen LogP contribution in [0.2, 0.25) is 0 Å². The first-order chi connectivity index (χ1) is 11.0. The maximum atomic E-state index is 12.4. The molecular formula is C17H27N3O2. The van der Waals surface area contributed by atoms with Gasteiger partial charge in [-0.05, 0) is 37.1 Å². The number of nitrogens with two attached hydrogens (primary N) is 1. The third kappa shape index (κ3) is 3.70. The molecule has 0 spiro atoms. The summed E-state index contributed by atoms with van der Waals surface area (Å²) in [5, 5.41) is 0. The zero-order chi connectivity index (χ0) is 18.1. The SMILES string of the molecule is [2H]C1([2H])CCC(C)(C)C(C=CC(=O)N2CCN(C(N)=O)CC2)=C1C. The third-order valence-electron chi connectivity index (χ3n) is 4.57. The van der Waals surface area contributed by atoms with E-state index in [4.69, 9.17) is 8.48 Å². The van der Waals surface area contributed by atoms with Gasteiger partial charge in [-0.2, -0.15) is 0 Å². The normalized spacial score (nSPS) is 26.0. The van der Waals surface area contributed by atoms with Gasteiger partial charge in [0.2, 0.25) is 5.91 Å². The van der Waals surface area contributed by atoms with E-state index in [1.165, 1.54) is 11.0 Å². The largest absolute Gasteiger partial charge is 0.351 e. The number of rotatable bonds is 2. The van der Waals surface area contributed by atoms with Crippen molar-refractivity contribution in [3.63, 3.8) is 0 Å². The Balaban J connectivity index is 2.09. The molecule has 3 amide bonds. The van der Waals surface area contributed by atoms with Gasteiger partial charge in [-0.3, -0.25) is 4.79 Å². The van der Waals surface area contributed by atoms with Crippen LogP contribution in [0, 0.1) is 5.41 Å². The van der Waals surface area contributed by atoms with Crippen molar-refractivity contribution >= 4 is 11.9 Å². The minimum atomic E-state index is -1.31. The molecule has 5 heteroatoms. The molecule has 2 rings (SSSR count). The van der Waals surface area contributed by atoms with Crippen molar-refractivity contribution in [3.8, 4) is 0 Å². The Morgan fingerprint density at radius 1 is 1.23 bits per heavy atom. The quantitative estimate of drug-likeness (QED) is 0.795. The van der Waals surface area contributed by atoms with Crippen LogP contribution >= 0.6 is 0 Å². The molecule has 0 unspecified atom stereocenters. The molecule has 1 heterocycles. The zero-order valence-corrected chi connectivity index (χ0v) is 13.7. The lowest BCUT2D eigenvalue weighted by molar-refractivity contribution is -0.127. The summed E-state index contributed by atoms with van der Waals surface area (Å²) in [6, 6.07) is -0.454. The molecule has 1 saturated heterocycles. The molecule has 5 nitrogen and oxygen atoms in total. The van der Waals surface area contributed by atoms with E-state index in [9.17, 15) is 9.59 Å². The van der Waals surface area contributed by atoms with Crippen LogP contribution in [0.4, 0.5) is 4.79 Å². The van der Waals surface area contributed by atoms with Crippen LogP contribution in [-0.4, -0.2) is 47.9 Å². The highest BCUT2D eigenvalue weighted by molar-refractivity contribution is 5.88. The maximum Gasteiger partial charge on any atom is 0.314 e. The average Bonchev–Trinajstić information content (AvgIpc) is 2.51. The molecule has 0 atom stereocenters. The minimum Gasteiger partial charge on any atom is -0.351 e. The van der Waals surface area contributed by atoms with E-state index >= 15 is 0 Å². The standard InChI is InChI=1S/C17H27N3O2/c1-13-5-4-8-17(2,3)14(13)6-7-15(21)19-9-11-20(12-10-19)16(18)22/h6-7H,4-5,8-12H2,1-3H3,(H2,18,22)/i5D2. The van der Waals surface area contributed by atoms with E-state index in [0.29, 0.717) is 38.2 Å². The van der Waals surface area contributed by atoms with Crippen molar-refractivity contribution in [1.82, 2.24) is 9.80 Å². The van der Waals surface area contributed by atoms with Gasteiger partial charge in [0.15, 0.2) is 0 Å². The topological polar surface area (TPSA) is 66.6 Å². The van der Waals surface area contributed by atoms with Crippen LogP contribution in [-0.2, 0) is 4.79 Å². The average molecular weight is 307 g/mol. The monoisotopic (exact) mass is 307 g/mol. The van der Waals surface area contributed by atoms with Gasteiger partial charge in [-0.25, -0.2) is 4.79 Å². The first-order valence-electron chi connectivity index (χ1n) is 8.78. The minimum absolute atomic E-state index is 0.110. The Morgan fingerprint density at radius 2 is 1.82 bits per heavy atom. The Bertz CT molecular complexity index is 589. The summed E-state index contributed by atoms with van der Waals surface area (Å²) < 4.78 is 16.2.